The fourth-order valence-corrected chi connectivity index (χ4v) is 9.38. The Labute approximate surface area is 360 Å². The van der Waals surface area contributed by atoms with Gasteiger partial charge >= 0.3 is 0 Å². The molecule has 1 aromatic heterocycles. The molecule has 290 valence electrons. The topological polar surface area (TPSA) is 16.4 Å². The van der Waals surface area contributed by atoms with Crippen LogP contribution in [0.25, 0.3) is 98.8 Å². The van der Waals surface area contributed by atoms with Gasteiger partial charge in [-0.15, -0.1) is 0 Å². The SMILES string of the molecule is c1cc(-c2cccc3ccccc23)cc(N(c2ccc(-c3ccc(-c4cccc5ccccc45)cc3)cc2)c2ccccc2-c2ccc3oc4cc5ccccc5cc4c3c2)c1. The van der Waals surface area contributed by atoms with Crippen LogP contribution in [0.1, 0.15) is 0 Å². The summed E-state index contributed by atoms with van der Waals surface area (Å²) in [5, 5.41) is 9.60. The number of hydrogen-bond acceptors (Lipinski definition) is 2. The summed E-state index contributed by atoms with van der Waals surface area (Å²) in [7, 11) is 0. The van der Waals surface area contributed by atoms with E-state index in [9.17, 15) is 0 Å². The molecule has 0 radical (unpaired) electrons. The van der Waals surface area contributed by atoms with Crippen molar-refractivity contribution in [2.45, 2.75) is 0 Å². The number of anilines is 3. The third-order valence-electron chi connectivity index (χ3n) is 12.4. The molecule has 0 saturated carbocycles. The van der Waals surface area contributed by atoms with Crippen molar-refractivity contribution in [2.75, 3.05) is 4.90 Å². The van der Waals surface area contributed by atoms with Crippen LogP contribution >= 0.6 is 0 Å². The fraction of sp³-hybridized carbons (Fsp3) is 0. The number of benzene rings is 11. The first-order chi connectivity index (χ1) is 30.7. The van der Waals surface area contributed by atoms with Crippen molar-refractivity contribution in [1.29, 1.82) is 0 Å². The van der Waals surface area contributed by atoms with Crippen molar-refractivity contribution < 1.29 is 4.42 Å². The molecule has 12 aromatic rings. The van der Waals surface area contributed by atoms with Crippen LogP contribution in [0.5, 0.6) is 0 Å². The van der Waals surface area contributed by atoms with Gasteiger partial charge in [-0.3, -0.25) is 0 Å². The molecule has 0 N–H and O–H groups in total. The Balaban J connectivity index is 0.978. The Kier molecular flexibility index (Phi) is 8.53. The largest absolute Gasteiger partial charge is 0.456 e. The zero-order valence-corrected chi connectivity index (χ0v) is 33.9. The summed E-state index contributed by atoms with van der Waals surface area (Å²) in [6.45, 7) is 0. The lowest BCUT2D eigenvalue weighted by atomic mass is 9.96. The minimum Gasteiger partial charge on any atom is -0.456 e. The molecule has 2 heteroatoms. The predicted octanol–water partition coefficient (Wildman–Crippen LogP) is 17.2. The standard InChI is InChI=1S/C60H39NO/c1-2-15-46-39-60-57(37-45(46)14-1)56-38-48(32-35-59(56)62-60)55-22-7-8-25-58(55)61(50-19-9-18-47(36-50)54-24-11-17-43-13-4-6-21-52(43)54)49-33-30-41(31-34-49)40-26-28-44(29-27-40)53-23-10-16-42-12-3-5-20-51(42)53/h1-39H. The zero-order chi connectivity index (χ0) is 41.0. The first-order valence-corrected chi connectivity index (χ1v) is 21.2. The van der Waals surface area contributed by atoms with Gasteiger partial charge in [0.2, 0.25) is 0 Å². The Morgan fingerprint density at radius 1 is 0.258 bits per heavy atom. The van der Waals surface area contributed by atoms with Crippen LogP contribution in [-0.4, -0.2) is 0 Å². The van der Waals surface area contributed by atoms with Gasteiger partial charge in [0.1, 0.15) is 11.2 Å². The highest BCUT2D eigenvalue weighted by Gasteiger charge is 2.20. The predicted molar refractivity (Wildman–Crippen MR) is 263 cm³/mol. The lowest BCUT2D eigenvalue weighted by Gasteiger charge is -2.28. The number of hydrogen-bond donors (Lipinski definition) is 0. The highest BCUT2D eigenvalue weighted by molar-refractivity contribution is 6.11. The lowest BCUT2D eigenvalue weighted by Crippen LogP contribution is -2.11. The van der Waals surface area contributed by atoms with Gasteiger partial charge in [0.25, 0.3) is 0 Å². The fourth-order valence-electron chi connectivity index (χ4n) is 9.38. The summed E-state index contributed by atoms with van der Waals surface area (Å²) < 4.78 is 6.44. The van der Waals surface area contributed by atoms with Gasteiger partial charge < -0.3 is 9.32 Å². The van der Waals surface area contributed by atoms with Gasteiger partial charge in [-0.2, -0.15) is 0 Å². The van der Waals surface area contributed by atoms with Crippen molar-refractivity contribution in [3.63, 3.8) is 0 Å². The van der Waals surface area contributed by atoms with Crippen LogP contribution in [0.3, 0.4) is 0 Å². The van der Waals surface area contributed by atoms with E-state index in [-0.39, 0.29) is 0 Å². The van der Waals surface area contributed by atoms with Gasteiger partial charge in [0, 0.05) is 27.7 Å². The maximum Gasteiger partial charge on any atom is 0.136 e. The Bertz CT molecular complexity index is 3620. The number of fused-ring (bicyclic) bond motifs is 6. The third-order valence-corrected chi connectivity index (χ3v) is 12.4. The van der Waals surface area contributed by atoms with Gasteiger partial charge in [0.05, 0.1) is 5.69 Å². The second-order valence-corrected chi connectivity index (χ2v) is 16.1. The highest BCUT2D eigenvalue weighted by atomic mass is 16.3. The molecule has 1 heterocycles. The van der Waals surface area contributed by atoms with Crippen LogP contribution in [0.15, 0.2) is 241 Å². The molecule has 0 aliphatic heterocycles. The van der Waals surface area contributed by atoms with E-state index in [4.69, 9.17) is 4.42 Å². The molecule has 0 aliphatic carbocycles. The van der Waals surface area contributed by atoms with Crippen LogP contribution in [0, 0.1) is 0 Å². The maximum absolute atomic E-state index is 6.44. The highest BCUT2D eigenvalue weighted by Crippen LogP contribution is 2.44. The summed E-state index contributed by atoms with van der Waals surface area (Å²) in [6, 6.07) is 85.6. The van der Waals surface area contributed by atoms with E-state index in [1.807, 2.05) is 0 Å². The summed E-state index contributed by atoms with van der Waals surface area (Å²) in [4.78, 5) is 2.41. The Morgan fingerprint density at radius 3 is 1.48 bits per heavy atom. The second kappa shape index (κ2) is 14.8. The van der Waals surface area contributed by atoms with E-state index in [1.54, 1.807) is 0 Å². The summed E-state index contributed by atoms with van der Waals surface area (Å²) in [5.41, 5.74) is 14.5. The molecule has 0 amide bonds. The molecule has 2 nitrogen and oxygen atoms in total. The second-order valence-electron chi connectivity index (χ2n) is 16.1. The van der Waals surface area contributed by atoms with Gasteiger partial charge in [-0.1, -0.05) is 182 Å². The summed E-state index contributed by atoms with van der Waals surface area (Å²) >= 11 is 0. The molecule has 12 rings (SSSR count). The average Bonchev–Trinajstić information content (AvgIpc) is 3.70. The first-order valence-electron chi connectivity index (χ1n) is 21.2. The molecule has 11 aromatic carbocycles. The van der Waals surface area contributed by atoms with Gasteiger partial charge in [-0.05, 0) is 126 Å². The normalized spacial score (nSPS) is 11.5. The first kappa shape index (κ1) is 35.7. The van der Waals surface area contributed by atoms with Crippen LogP contribution in [0.2, 0.25) is 0 Å². The van der Waals surface area contributed by atoms with Crippen molar-refractivity contribution in [3.05, 3.63) is 237 Å². The molecule has 62 heavy (non-hydrogen) atoms. The maximum atomic E-state index is 6.44. The van der Waals surface area contributed by atoms with Crippen molar-refractivity contribution >= 4 is 71.3 Å². The molecule has 0 atom stereocenters. The van der Waals surface area contributed by atoms with E-state index in [0.717, 1.165) is 50.1 Å². The number of rotatable bonds is 7. The lowest BCUT2D eigenvalue weighted by molar-refractivity contribution is 0.669. The van der Waals surface area contributed by atoms with Crippen molar-refractivity contribution in [2.24, 2.45) is 0 Å². The monoisotopic (exact) mass is 789 g/mol. The molecule has 0 spiro atoms. The molecule has 0 saturated heterocycles. The summed E-state index contributed by atoms with van der Waals surface area (Å²) in [5.74, 6) is 0. The smallest absolute Gasteiger partial charge is 0.136 e. The minimum absolute atomic E-state index is 0.886. The van der Waals surface area contributed by atoms with Crippen LogP contribution < -0.4 is 4.90 Å². The molecule has 0 fully saturated rings. The number of furan rings is 1. The minimum atomic E-state index is 0.886. The molecule has 0 bridgehead atoms. The van der Waals surface area contributed by atoms with E-state index in [1.165, 1.54) is 65.7 Å². The Morgan fingerprint density at radius 2 is 0.758 bits per heavy atom. The van der Waals surface area contributed by atoms with E-state index in [0.29, 0.717) is 0 Å². The molecular weight excluding hydrogens is 751 g/mol. The summed E-state index contributed by atoms with van der Waals surface area (Å²) in [6.07, 6.45) is 0. The number of nitrogens with zero attached hydrogens (tertiary/aromatic N) is 1. The Hall–Kier alpha value is -8.20. The quantitative estimate of drug-likeness (QED) is 0.160. The van der Waals surface area contributed by atoms with E-state index >= 15 is 0 Å². The van der Waals surface area contributed by atoms with E-state index < -0.39 is 0 Å². The van der Waals surface area contributed by atoms with Gasteiger partial charge in [-0.25, -0.2) is 0 Å². The molecular formula is C60H39NO. The van der Waals surface area contributed by atoms with Crippen molar-refractivity contribution in [1.82, 2.24) is 0 Å². The third kappa shape index (κ3) is 6.20. The molecule has 0 aliphatic rings. The molecule has 0 unspecified atom stereocenters. The van der Waals surface area contributed by atoms with Gasteiger partial charge in [0.15, 0.2) is 0 Å². The average molecular weight is 790 g/mol. The number of para-hydroxylation sites is 1. The van der Waals surface area contributed by atoms with E-state index in [2.05, 4.69) is 241 Å². The van der Waals surface area contributed by atoms with Crippen molar-refractivity contribution in [3.8, 4) is 44.5 Å². The van der Waals surface area contributed by atoms with Crippen LogP contribution in [-0.2, 0) is 0 Å². The zero-order valence-electron chi connectivity index (χ0n) is 33.9. The van der Waals surface area contributed by atoms with Crippen LogP contribution in [0.4, 0.5) is 17.1 Å².